The molecular weight excluding hydrogens is 246 g/mol. The summed E-state index contributed by atoms with van der Waals surface area (Å²) in [4.78, 5) is 2.64. The average Bonchev–Trinajstić information content (AvgIpc) is 2.80. The van der Waals surface area contributed by atoms with Gasteiger partial charge in [0.2, 0.25) is 0 Å². The first-order valence-electron chi connectivity index (χ1n) is 8.50. The minimum absolute atomic E-state index is 0.257. The molecule has 20 heavy (non-hydrogen) atoms. The summed E-state index contributed by atoms with van der Waals surface area (Å²) in [5.41, 5.74) is -0.257. The molecule has 3 atom stereocenters. The Morgan fingerprint density at radius 3 is 2.75 bits per heavy atom. The second-order valence-electron chi connectivity index (χ2n) is 7.14. The summed E-state index contributed by atoms with van der Waals surface area (Å²) in [6.45, 7) is 9.10. The van der Waals surface area contributed by atoms with Crippen LogP contribution in [0.5, 0.6) is 0 Å². The molecule has 0 bridgehead atoms. The number of nitrogens with zero attached hydrogens (tertiary/aromatic N) is 2. The topological polar surface area (TPSA) is 39.1 Å². The lowest BCUT2D eigenvalue weighted by Gasteiger charge is -2.37. The van der Waals surface area contributed by atoms with Crippen molar-refractivity contribution in [2.45, 2.75) is 83.3 Å². The number of hydrogen-bond acceptors (Lipinski definition) is 3. The predicted octanol–water partition coefficient (Wildman–Crippen LogP) is 3.31. The number of nitriles is 1. The molecular formula is C17H31N3. The zero-order chi connectivity index (χ0) is 14.6. The maximum Gasteiger partial charge on any atom is 0.109 e. The lowest BCUT2D eigenvalue weighted by atomic mass is 9.85. The molecule has 1 aliphatic carbocycles. The van der Waals surface area contributed by atoms with E-state index in [4.69, 9.17) is 0 Å². The summed E-state index contributed by atoms with van der Waals surface area (Å²) in [6.07, 6.45) is 8.71. The molecule has 3 unspecified atom stereocenters. The molecule has 1 saturated carbocycles. The van der Waals surface area contributed by atoms with Crippen LogP contribution in [-0.2, 0) is 0 Å². The Morgan fingerprint density at radius 2 is 2.10 bits per heavy atom. The first kappa shape index (κ1) is 15.8. The zero-order valence-electron chi connectivity index (χ0n) is 13.5. The minimum Gasteiger partial charge on any atom is -0.301 e. The maximum atomic E-state index is 9.70. The summed E-state index contributed by atoms with van der Waals surface area (Å²) in [5, 5.41) is 13.3. The lowest BCUT2D eigenvalue weighted by molar-refractivity contribution is 0.141. The van der Waals surface area contributed by atoms with Crippen LogP contribution >= 0.6 is 0 Å². The van der Waals surface area contributed by atoms with Crippen molar-refractivity contribution < 1.29 is 0 Å². The maximum absolute atomic E-state index is 9.70. The van der Waals surface area contributed by atoms with Crippen LogP contribution in [0.3, 0.4) is 0 Å². The van der Waals surface area contributed by atoms with Crippen LogP contribution < -0.4 is 5.32 Å². The van der Waals surface area contributed by atoms with E-state index < -0.39 is 0 Å². The highest BCUT2D eigenvalue weighted by atomic mass is 15.2. The van der Waals surface area contributed by atoms with E-state index in [1.54, 1.807) is 0 Å². The molecule has 1 N–H and O–H groups in total. The molecule has 0 aromatic carbocycles. The van der Waals surface area contributed by atoms with E-state index >= 15 is 0 Å². The molecule has 0 aromatic heterocycles. The number of nitrogens with one attached hydrogen (secondary N) is 1. The number of hydrogen-bond donors (Lipinski definition) is 1. The lowest BCUT2D eigenvalue weighted by Crippen LogP contribution is -2.51. The Hall–Kier alpha value is -0.590. The van der Waals surface area contributed by atoms with Gasteiger partial charge in [-0.05, 0) is 71.9 Å². The molecule has 0 amide bonds. The molecule has 2 fully saturated rings. The SMILES string of the molecule is CC(C)NC1(C#N)CCCC1CCN1CCCCC1C. The summed E-state index contributed by atoms with van der Waals surface area (Å²) >= 11 is 0. The highest BCUT2D eigenvalue weighted by Gasteiger charge is 2.43. The third-order valence-electron chi connectivity index (χ3n) is 5.27. The minimum atomic E-state index is -0.257. The summed E-state index contributed by atoms with van der Waals surface area (Å²) in [5.74, 6) is 0.532. The van der Waals surface area contributed by atoms with E-state index in [1.807, 2.05) is 0 Å². The molecule has 0 aromatic rings. The Morgan fingerprint density at radius 1 is 1.30 bits per heavy atom. The van der Waals surface area contributed by atoms with Crippen LogP contribution in [0.2, 0.25) is 0 Å². The van der Waals surface area contributed by atoms with E-state index in [9.17, 15) is 5.26 Å². The van der Waals surface area contributed by atoms with Gasteiger partial charge in [0, 0.05) is 12.1 Å². The van der Waals surface area contributed by atoms with E-state index in [0.717, 1.165) is 12.5 Å². The van der Waals surface area contributed by atoms with Gasteiger partial charge in [0.05, 0.1) is 6.07 Å². The first-order valence-corrected chi connectivity index (χ1v) is 8.50. The van der Waals surface area contributed by atoms with Crippen molar-refractivity contribution in [1.29, 1.82) is 5.26 Å². The third-order valence-corrected chi connectivity index (χ3v) is 5.27. The second-order valence-corrected chi connectivity index (χ2v) is 7.14. The average molecular weight is 277 g/mol. The van der Waals surface area contributed by atoms with Crippen molar-refractivity contribution in [3.63, 3.8) is 0 Å². The van der Waals surface area contributed by atoms with Crippen LogP contribution in [0.1, 0.15) is 65.7 Å². The van der Waals surface area contributed by atoms with Crippen molar-refractivity contribution in [2.24, 2.45) is 5.92 Å². The largest absolute Gasteiger partial charge is 0.301 e. The molecule has 114 valence electrons. The zero-order valence-corrected chi connectivity index (χ0v) is 13.5. The standard InChI is InChI=1S/C17H31N3/c1-14(2)19-17(13-18)10-6-8-16(17)9-12-20-11-5-4-7-15(20)3/h14-16,19H,4-12H2,1-3H3. The third kappa shape index (κ3) is 3.54. The fourth-order valence-electron chi connectivity index (χ4n) is 4.16. The monoisotopic (exact) mass is 277 g/mol. The van der Waals surface area contributed by atoms with Gasteiger partial charge in [-0.15, -0.1) is 0 Å². The first-order chi connectivity index (χ1) is 9.57. The molecule has 1 saturated heterocycles. The fraction of sp³-hybridized carbons (Fsp3) is 0.941. The molecule has 1 heterocycles. The molecule has 2 aliphatic rings. The highest BCUT2D eigenvalue weighted by molar-refractivity contribution is 5.14. The van der Waals surface area contributed by atoms with Gasteiger partial charge < -0.3 is 4.90 Å². The quantitative estimate of drug-likeness (QED) is 0.838. The Balaban J connectivity index is 1.92. The van der Waals surface area contributed by atoms with E-state index in [2.05, 4.69) is 37.1 Å². The molecule has 2 rings (SSSR count). The van der Waals surface area contributed by atoms with Crippen molar-refractivity contribution in [3.8, 4) is 6.07 Å². The smallest absolute Gasteiger partial charge is 0.109 e. The number of piperidine rings is 1. The van der Waals surface area contributed by atoms with E-state index in [0.29, 0.717) is 12.0 Å². The number of likely N-dealkylation sites (tertiary alicyclic amines) is 1. The van der Waals surface area contributed by atoms with Crippen LogP contribution in [0.4, 0.5) is 0 Å². The van der Waals surface area contributed by atoms with E-state index in [-0.39, 0.29) is 5.54 Å². The Labute approximate surface area is 124 Å². The van der Waals surface area contributed by atoms with Gasteiger partial charge in [-0.2, -0.15) is 5.26 Å². The van der Waals surface area contributed by atoms with Crippen LogP contribution in [0.15, 0.2) is 0 Å². The molecule has 0 spiro atoms. The summed E-state index contributed by atoms with van der Waals surface area (Å²) in [6, 6.07) is 3.76. The fourth-order valence-corrected chi connectivity index (χ4v) is 4.16. The number of rotatable bonds is 5. The van der Waals surface area contributed by atoms with Crippen LogP contribution in [0.25, 0.3) is 0 Å². The predicted molar refractivity (Wildman–Crippen MR) is 83.5 cm³/mol. The van der Waals surface area contributed by atoms with Gasteiger partial charge in [0.25, 0.3) is 0 Å². The van der Waals surface area contributed by atoms with Crippen molar-refractivity contribution in [3.05, 3.63) is 0 Å². The molecule has 3 heteroatoms. The van der Waals surface area contributed by atoms with Gasteiger partial charge in [-0.1, -0.05) is 12.8 Å². The summed E-state index contributed by atoms with van der Waals surface area (Å²) < 4.78 is 0. The van der Waals surface area contributed by atoms with Gasteiger partial charge in [-0.3, -0.25) is 5.32 Å². The molecule has 3 nitrogen and oxygen atoms in total. The normalized spacial score (nSPS) is 35.4. The van der Waals surface area contributed by atoms with Crippen molar-refractivity contribution in [1.82, 2.24) is 10.2 Å². The van der Waals surface area contributed by atoms with Crippen molar-refractivity contribution in [2.75, 3.05) is 13.1 Å². The van der Waals surface area contributed by atoms with Crippen molar-refractivity contribution >= 4 is 0 Å². The molecule has 0 radical (unpaired) electrons. The van der Waals surface area contributed by atoms with Crippen LogP contribution in [0, 0.1) is 17.2 Å². The van der Waals surface area contributed by atoms with E-state index in [1.165, 1.54) is 51.6 Å². The van der Waals surface area contributed by atoms with Gasteiger partial charge in [-0.25, -0.2) is 0 Å². The van der Waals surface area contributed by atoms with Gasteiger partial charge in [0.15, 0.2) is 0 Å². The second kappa shape index (κ2) is 6.91. The van der Waals surface area contributed by atoms with Gasteiger partial charge in [0.1, 0.15) is 5.54 Å². The highest BCUT2D eigenvalue weighted by Crippen LogP contribution is 2.38. The van der Waals surface area contributed by atoms with Crippen LogP contribution in [-0.4, -0.2) is 35.6 Å². The molecule has 1 aliphatic heterocycles. The van der Waals surface area contributed by atoms with Gasteiger partial charge >= 0.3 is 0 Å². The summed E-state index contributed by atoms with van der Waals surface area (Å²) in [7, 11) is 0. The Bertz CT molecular complexity index is 347. The Kier molecular flexibility index (Phi) is 5.46.